The summed E-state index contributed by atoms with van der Waals surface area (Å²) in [7, 11) is -4.42. The van der Waals surface area contributed by atoms with Gasteiger partial charge in [-0.25, -0.2) is 32.2 Å². The number of hydrogen-bond acceptors (Lipinski definition) is 8. The number of nitrogens with zero attached hydrogens (tertiary/aromatic N) is 4. The van der Waals surface area contributed by atoms with Gasteiger partial charge in [-0.3, -0.25) is 4.99 Å². The second-order valence-corrected chi connectivity index (χ2v) is 11.0. The minimum absolute atomic E-state index is 0.272. The van der Waals surface area contributed by atoms with E-state index in [2.05, 4.69) is 25.3 Å². The summed E-state index contributed by atoms with van der Waals surface area (Å²) in [6.07, 6.45) is 2.72. The van der Waals surface area contributed by atoms with Gasteiger partial charge in [0.05, 0.1) is 10.5 Å². The van der Waals surface area contributed by atoms with E-state index >= 15 is 4.39 Å². The first-order valence-electron chi connectivity index (χ1n) is 9.44. The minimum atomic E-state index is -4.42. The molecular weight excluding hydrogens is 462 g/mol. The predicted octanol–water partition coefficient (Wildman–Crippen LogP) is 3.64. The van der Waals surface area contributed by atoms with Crippen molar-refractivity contribution in [1.82, 2.24) is 15.0 Å². The predicted molar refractivity (Wildman–Crippen MR) is 119 cm³/mol. The lowest BCUT2D eigenvalue weighted by Gasteiger charge is -2.40. The third-order valence-electron chi connectivity index (χ3n) is 5.61. The first kappa shape index (κ1) is 22.3. The van der Waals surface area contributed by atoms with Gasteiger partial charge in [0.15, 0.2) is 15.7 Å². The van der Waals surface area contributed by atoms with Crippen LogP contribution in [0.25, 0.3) is 11.0 Å². The van der Waals surface area contributed by atoms with Crippen molar-refractivity contribution in [3.8, 4) is 0 Å². The monoisotopic (exact) mass is 480 g/mol. The number of aliphatic imine (C=N–C) groups is 1. The second-order valence-electron chi connectivity index (χ2n) is 8.08. The van der Waals surface area contributed by atoms with Crippen molar-refractivity contribution in [2.45, 2.75) is 36.6 Å². The molecule has 2 atom stereocenters. The summed E-state index contributed by atoms with van der Waals surface area (Å²) in [6.45, 7) is 3.73. The maximum absolute atomic E-state index is 15.4. The standard InChI is InChI=1S/C20H19ClF2N6O2S/c1-19(2)18(24)29-20(3,17(23)32(19,30)31)12-7-11(4-5-13(12)22)28-16-15-14(26-9-27-16)6-10(21)8-25-15/h4-9,17H,1-3H3,(H2,24,29)(H,26,27,28)/t17?,20-/m1/s1. The molecule has 1 aromatic carbocycles. The van der Waals surface area contributed by atoms with E-state index < -0.39 is 31.4 Å². The van der Waals surface area contributed by atoms with Crippen molar-refractivity contribution in [3.63, 3.8) is 0 Å². The van der Waals surface area contributed by atoms with E-state index in [4.69, 9.17) is 17.3 Å². The number of amidine groups is 1. The fraction of sp³-hybridized carbons (Fsp3) is 0.300. The Morgan fingerprint density at radius 3 is 2.59 bits per heavy atom. The van der Waals surface area contributed by atoms with Gasteiger partial charge in [-0.2, -0.15) is 0 Å². The van der Waals surface area contributed by atoms with Crippen molar-refractivity contribution in [1.29, 1.82) is 0 Å². The average molecular weight is 481 g/mol. The van der Waals surface area contributed by atoms with E-state index in [1.165, 1.54) is 45.4 Å². The molecule has 0 saturated heterocycles. The summed E-state index contributed by atoms with van der Waals surface area (Å²) in [4.78, 5) is 16.6. The third-order valence-corrected chi connectivity index (χ3v) is 8.45. The Morgan fingerprint density at radius 2 is 1.88 bits per heavy atom. The van der Waals surface area contributed by atoms with E-state index in [0.717, 1.165) is 6.07 Å². The lowest BCUT2D eigenvalue weighted by Crippen LogP contribution is -2.58. The average Bonchev–Trinajstić information content (AvgIpc) is 2.73. The molecule has 1 aliphatic heterocycles. The van der Waals surface area contributed by atoms with Crippen LogP contribution < -0.4 is 11.1 Å². The molecule has 1 unspecified atom stereocenters. The molecule has 0 radical (unpaired) electrons. The first-order chi connectivity index (χ1) is 14.9. The Kier molecular flexibility index (Phi) is 5.09. The Labute approximate surface area is 187 Å². The van der Waals surface area contributed by atoms with E-state index in [-0.39, 0.29) is 11.4 Å². The van der Waals surface area contributed by atoms with Crippen molar-refractivity contribution >= 4 is 49.8 Å². The van der Waals surface area contributed by atoms with Crippen LogP contribution in [0.5, 0.6) is 0 Å². The molecule has 4 rings (SSSR count). The molecule has 0 bridgehead atoms. The van der Waals surface area contributed by atoms with Gasteiger partial charge in [0.2, 0.25) is 5.50 Å². The number of aromatic nitrogens is 3. The van der Waals surface area contributed by atoms with Crippen LogP contribution >= 0.6 is 11.6 Å². The molecule has 2 aromatic heterocycles. The smallest absolute Gasteiger partial charge is 0.230 e. The molecule has 0 saturated carbocycles. The number of rotatable bonds is 3. The highest BCUT2D eigenvalue weighted by Gasteiger charge is 2.58. The van der Waals surface area contributed by atoms with Gasteiger partial charge in [-0.1, -0.05) is 11.6 Å². The van der Waals surface area contributed by atoms with Crippen LogP contribution in [-0.4, -0.2) is 39.5 Å². The largest absolute Gasteiger partial charge is 0.386 e. The van der Waals surface area contributed by atoms with Crippen molar-refractivity contribution in [2.24, 2.45) is 10.7 Å². The molecule has 0 amide bonds. The number of nitrogens with two attached hydrogens (primary N) is 1. The van der Waals surface area contributed by atoms with Crippen LogP contribution in [0.2, 0.25) is 5.02 Å². The lowest BCUT2D eigenvalue weighted by molar-refractivity contribution is 0.267. The third kappa shape index (κ3) is 3.27. The van der Waals surface area contributed by atoms with Gasteiger partial charge < -0.3 is 11.1 Å². The normalized spacial score (nSPS) is 24.2. The van der Waals surface area contributed by atoms with E-state index in [1.807, 2.05) is 0 Å². The van der Waals surface area contributed by atoms with Gasteiger partial charge in [0, 0.05) is 17.4 Å². The fourth-order valence-electron chi connectivity index (χ4n) is 3.46. The first-order valence-corrected chi connectivity index (χ1v) is 11.4. The molecule has 168 valence electrons. The zero-order valence-electron chi connectivity index (χ0n) is 17.3. The molecule has 12 heteroatoms. The van der Waals surface area contributed by atoms with Crippen LogP contribution in [-0.2, 0) is 15.4 Å². The lowest BCUT2D eigenvalue weighted by atomic mass is 9.91. The fourth-order valence-corrected chi connectivity index (χ4v) is 5.25. The van der Waals surface area contributed by atoms with E-state index in [1.54, 1.807) is 6.07 Å². The van der Waals surface area contributed by atoms with Crippen LogP contribution in [0.3, 0.4) is 0 Å². The molecule has 0 aliphatic carbocycles. The zero-order valence-corrected chi connectivity index (χ0v) is 18.8. The number of fused-ring (bicyclic) bond motifs is 1. The molecule has 3 heterocycles. The van der Waals surface area contributed by atoms with Gasteiger partial charge in [-0.15, -0.1) is 0 Å². The second kappa shape index (κ2) is 7.31. The van der Waals surface area contributed by atoms with Gasteiger partial charge in [0.1, 0.15) is 33.8 Å². The summed E-state index contributed by atoms with van der Waals surface area (Å²) in [5.74, 6) is -0.828. The van der Waals surface area contributed by atoms with Gasteiger partial charge >= 0.3 is 0 Å². The quantitative estimate of drug-likeness (QED) is 0.586. The number of sulfone groups is 1. The summed E-state index contributed by atoms with van der Waals surface area (Å²) in [5, 5.41) is 3.37. The van der Waals surface area contributed by atoms with Crippen molar-refractivity contribution < 1.29 is 17.2 Å². The molecule has 8 nitrogen and oxygen atoms in total. The summed E-state index contributed by atoms with van der Waals surface area (Å²) in [6, 6.07) is 5.36. The molecular formula is C20H19ClF2N6O2S. The number of nitrogens with one attached hydrogen (secondary N) is 1. The number of benzene rings is 1. The minimum Gasteiger partial charge on any atom is -0.386 e. The zero-order chi connectivity index (χ0) is 23.5. The number of anilines is 2. The van der Waals surface area contributed by atoms with Crippen molar-refractivity contribution in [3.05, 3.63) is 53.2 Å². The van der Waals surface area contributed by atoms with Crippen LogP contribution in [0.4, 0.5) is 20.3 Å². The SMILES string of the molecule is CC1(C)C(N)=N[C@](C)(c2cc(Nc3ncnc4cc(Cl)cnc34)ccc2F)C(F)S1(=O)=O. The maximum Gasteiger partial charge on any atom is 0.230 e. The highest BCUT2D eigenvalue weighted by Crippen LogP contribution is 2.44. The Balaban J connectivity index is 1.82. The molecule has 3 aromatic rings. The Morgan fingerprint density at radius 1 is 1.16 bits per heavy atom. The number of hydrogen-bond donors (Lipinski definition) is 2. The van der Waals surface area contributed by atoms with Gasteiger partial charge in [0.25, 0.3) is 0 Å². The van der Waals surface area contributed by atoms with E-state index in [0.29, 0.717) is 27.6 Å². The van der Waals surface area contributed by atoms with Crippen LogP contribution in [0, 0.1) is 5.82 Å². The molecule has 1 aliphatic rings. The number of pyridine rings is 1. The molecule has 0 spiro atoms. The summed E-state index contributed by atoms with van der Waals surface area (Å²) in [5.41, 5.74) is 2.21. The van der Waals surface area contributed by atoms with Crippen molar-refractivity contribution in [2.75, 3.05) is 5.32 Å². The van der Waals surface area contributed by atoms with E-state index in [9.17, 15) is 12.8 Å². The molecule has 32 heavy (non-hydrogen) atoms. The summed E-state index contributed by atoms with van der Waals surface area (Å²) < 4.78 is 54.0. The highest BCUT2D eigenvalue weighted by atomic mass is 35.5. The summed E-state index contributed by atoms with van der Waals surface area (Å²) >= 11 is 5.95. The topological polar surface area (TPSA) is 123 Å². The van der Waals surface area contributed by atoms with Gasteiger partial charge in [-0.05, 0) is 45.0 Å². The number of halogens is 3. The maximum atomic E-state index is 15.4. The number of alkyl halides is 1. The highest BCUT2D eigenvalue weighted by molar-refractivity contribution is 7.94. The van der Waals surface area contributed by atoms with Crippen LogP contribution in [0.15, 0.2) is 41.8 Å². The Hall–Kier alpha value is -2.92. The van der Waals surface area contributed by atoms with Crippen LogP contribution in [0.1, 0.15) is 26.3 Å². The Bertz CT molecular complexity index is 1380. The molecule has 3 N–H and O–H groups in total. The molecule has 0 fully saturated rings.